The topological polar surface area (TPSA) is 55.0 Å². The third-order valence-corrected chi connectivity index (χ3v) is 6.02. The Kier molecular flexibility index (Phi) is 6.38. The Bertz CT molecular complexity index is 1450. The highest BCUT2D eigenvalue weighted by Crippen LogP contribution is 2.28. The van der Waals surface area contributed by atoms with Crippen LogP contribution in [-0.4, -0.2) is 4.57 Å². The first kappa shape index (κ1) is 23.1. The van der Waals surface area contributed by atoms with Crippen LogP contribution < -0.4 is 10.3 Å². The van der Waals surface area contributed by atoms with Crippen LogP contribution in [0, 0.1) is 45.9 Å². The van der Waals surface area contributed by atoms with Gasteiger partial charge in [0, 0.05) is 0 Å². The van der Waals surface area contributed by atoms with Gasteiger partial charge in [0.25, 0.3) is 5.56 Å². The maximum Gasteiger partial charge on any atom is 0.269 e. The highest BCUT2D eigenvalue weighted by Gasteiger charge is 2.15. The van der Waals surface area contributed by atoms with Gasteiger partial charge < -0.3 is 9.30 Å². The Morgan fingerprint density at radius 2 is 1.44 bits per heavy atom. The SMILES string of the molecule is Cc1cc(C)cc(Oc2ccc(-c3cc(C)c(C#N)c(=O)n3Cc3ccc(C)cc3C)cc2)c1. The van der Waals surface area contributed by atoms with Crippen molar-refractivity contribution in [2.24, 2.45) is 0 Å². The van der Waals surface area contributed by atoms with E-state index in [-0.39, 0.29) is 11.1 Å². The van der Waals surface area contributed by atoms with Gasteiger partial charge >= 0.3 is 0 Å². The van der Waals surface area contributed by atoms with E-state index in [1.807, 2.05) is 82.3 Å². The van der Waals surface area contributed by atoms with E-state index in [0.717, 1.165) is 45.0 Å². The van der Waals surface area contributed by atoms with Crippen molar-refractivity contribution in [1.29, 1.82) is 5.26 Å². The minimum absolute atomic E-state index is 0.184. The second kappa shape index (κ2) is 9.41. The third-order valence-electron chi connectivity index (χ3n) is 6.02. The summed E-state index contributed by atoms with van der Waals surface area (Å²) in [6.45, 7) is 10.4. The van der Waals surface area contributed by atoms with E-state index in [2.05, 4.69) is 25.1 Å². The van der Waals surface area contributed by atoms with Crippen molar-refractivity contribution in [3.8, 4) is 28.8 Å². The highest BCUT2D eigenvalue weighted by atomic mass is 16.5. The van der Waals surface area contributed by atoms with Gasteiger partial charge in [-0.2, -0.15) is 5.26 Å². The molecule has 4 heteroatoms. The number of aromatic nitrogens is 1. The first-order valence-corrected chi connectivity index (χ1v) is 11.3. The van der Waals surface area contributed by atoms with Gasteiger partial charge in [0.1, 0.15) is 23.1 Å². The van der Waals surface area contributed by atoms with Gasteiger partial charge in [0.05, 0.1) is 12.2 Å². The molecular weight excluding hydrogens is 420 g/mol. The van der Waals surface area contributed by atoms with E-state index >= 15 is 0 Å². The summed E-state index contributed by atoms with van der Waals surface area (Å²) >= 11 is 0. The molecule has 1 aromatic heterocycles. The Morgan fingerprint density at radius 3 is 2.06 bits per heavy atom. The predicted molar refractivity (Wildman–Crippen MR) is 137 cm³/mol. The smallest absolute Gasteiger partial charge is 0.269 e. The van der Waals surface area contributed by atoms with Gasteiger partial charge in [-0.15, -0.1) is 0 Å². The lowest BCUT2D eigenvalue weighted by Crippen LogP contribution is -2.26. The number of hydrogen-bond donors (Lipinski definition) is 0. The molecule has 0 saturated carbocycles. The van der Waals surface area contributed by atoms with Crippen LogP contribution in [0.25, 0.3) is 11.3 Å². The second-order valence-corrected chi connectivity index (χ2v) is 8.97. The first-order chi connectivity index (χ1) is 16.2. The molecule has 0 atom stereocenters. The van der Waals surface area contributed by atoms with Crippen LogP contribution in [0.15, 0.2) is 71.5 Å². The molecule has 0 fully saturated rings. The molecule has 0 saturated heterocycles. The number of pyridine rings is 1. The van der Waals surface area contributed by atoms with Crippen LogP contribution in [0.2, 0.25) is 0 Å². The van der Waals surface area contributed by atoms with Crippen molar-refractivity contribution in [3.63, 3.8) is 0 Å². The summed E-state index contributed by atoms with van der Waals surface area (Å²) in [5.41, 5.74) is 7.90. The normalized spacial score (nSPS) is 10.7. The monoisotopic (exact) mass is 448 g/mol. The zero-order valence-corrected chi connectivity index (χ0v) is 20.3. The quantitative estimate of drug-likeness (QED) is 0.338. The summed E-state index contributed by atoms with van der Waals surface area (Å²) in [5.74, 6) is 1.52. The Morgan fingerprint density at radius 1 is 0.765 bits per heavy atom. The molecule has 4 aromatic rings. The molecule has 0 spiro atoms. The van der Waals surface area contributed by atoms with E-state index in [1.54, 1.807) is 4.57 Å². The van der Waals surface area contributed by atoms with Gasteiger partial charge in [-0.3, -0.25) is 4.79 Å². The molecule has 170 valence electrons. The molecule has 0 aliphatic carbocycles. The number of nitrogens with zero attached hydrogens (tertiary/aromatic N) is 2. The lowest BCUT2D eigenvalue weighted by atomic mass is 10.0. The van der Waals surface area contributed by atoms with Crippen molar-refractivity contribution in [1.82, 2.24) is 4.57 Å². The molecule has 3 aromatic carbocycles. The number of aryl methyl sites for hydroxylation is 5. The third kappa shape index (κ3) is 4.79. The Hall–Kier alpha value is -4.10. The highest BCUT2D eigenvalue weighted by molar-refractivity contribution is 5.63. The van der Waals surface area contributed by atoms with Gasteiger partial charge in [-0.25, -0.2) is 0 Å². The fourth-order valence-corrected chi connectivity index (χ4v) is 4.32. The fraction of sp³-hybridized carbons (Fsp3) is 0.200. The molecule has 0 unspecified atom stereocenters. The van der Waals surface area contributed by atoms with Gasteiger partial charge in [0.2, 0.25) is 0 Å². The molecule has 1 heterocycles. The summed E-state index contributed by atoms with van der Waals surface area (Å²) in [5, 5.41) is 9.58. The lowest BCUT2D eigenvalue weighted by Gasteiger charge is -2.17. The number of hydrogen-bond acceptors (Lipinski definition) is 3. The largest absolute Gasteiger partial charge is 0.457 e. The van der Waals surface area contributed by atoms with E-state index in [0.29, 0.717) is 12.1 Å². The molecule has 34 heavy (non-hydrogen) atoms. The number of ether oxygens (including phenoxy) is 1. The molecule has 0 N–H and O–H groups in total. The van der Waals surface area contributed by atoms with Crippen LogP contribution in [0.1, 0.15) is 38.9 Å². The molecule has 0 amide bonds. The molecule has 0 aliphatic heterocycles. The average molecular weight is 449 g/mol. The molecule has 0 radical (unpaired) electrons. The number of benzene rings is 3. The number of nitriles is 1. The zero-order valence-electron chi connectivity index (χ0n) is 20.3. The summed E-state index contributed by atoms with van der Waals surface area (Å²) < 4.78 is 7.75. The molecular formula is C30H28N2O2. The van der Waals surface area contributed by atoms with Crippen molar-refractivity contribution >= 4 is 0 Å². The standard InChI is InChI=1S/C30H28N2O2/c1-19-6-7-25(22(4)13-19)18-32-29(16-23(5)28(17-31)30(32)33)24-8-10-26(11-9-24)34-27-14-20(2)12-21(3)15-27/h6-16H,18H2,1-5H3. The Balaban J connectivity index is 1.74. The summed E-state index contributed by atoms with van der Waals surface area (Å²) in [6.07, 6.45) is 0. The molecule has 0 bridgehead atoms. The lowest BCUT2D eigenvalue weighted by molar-refractivity contribution is 0.482. The number of rotatable bonds is 5. The predicted octanol–water partition coefficient (Wildman–Crippen LogP) is 6.77. The second-order valence-electron chi connectivity index (χ2n) is 8.97. The summed E-state index contributed by atoms with van der Waals surface area (Å²) in [4.78, 5) is 13.3. The first-order valence-electron chi connectivity index (χ1n) is 11.3. The minimum atomic E-state index is -0.270. The van der Waals surface area contributed by atoms with Crippen LogP contribution in [-0.2, 0) is 6.54 Å². The minimum Gasteiger partial charge on any atom is -0.457 e. The Labute approximate surface area is 200 Å². The van der Waals surface area contributed by atoms with Crippen LogP contribution >= 0.6 is 0 Å². The average Bonchev–Trinajstić information content (AvgIpc) is 2.77. The summed E-state index contributed by atoms with van der Waals surface area (Å²) in [7, 11) is 0. The van der Waals surface area contributed by atoms with Crippen LogP contribution in [0.4, 0.5) is 0 Å². The maximum atomic E-state index is 13.3. The maximum absolute atomic E-state index is 13.3. The van der Waals surface area contributed by atoms with Crippen molar-refractivity contribution < 1.29 is 4.74 Å². The molecule has 4 rings (SSSR count). The molecule has 4 nitrogen and oxygen atoms in total. The van der Waals surface area contributed by atoms with Gasteiger partial charge in [0.15, 0.2) is 0 Å². The van der Waals surface area contributed by atoms with E-state index < -0.39 is 0 Å². The van der Waals surface area contributed by atoms with Crippen molar-refractivity contribution in [2.75, 3.05) is 0 Å². The van der Waals surface area contributed by atoms with Gasteiger partial charge in [-0.05, 0) is 110 Å². The molecule has 0 aliphatic rings. The fourth-order valence-electron chi connectivity index (χ4n) is 4.32. The van der Waals surface area contributed by atoms with Crippen LogP contribution in [0.5, 0.6) is 11.5 Å². The summed E-state index contributed by atoms with van der Waals surface area (Å²) in [6, 6.07) is 24.1. The zero-order chi connectivity index (χ0) is 24.4. The van der Waals surface area contributed by atoms with Gasteiger partial charge in [-0.1, -0.05) is 29.8 Å². The van der Waals surface area contributed by atoms with Crippen molar-refractivity contribution in [2.45, 2.75) is 41.2 Å². The van der Waals surface area contributed by atoms with E-state index in [9.17, 15) is 10.1 Å². The van der Waals surface area contributed by atoms with E-state index in [4.69, 9.17) is 4.74 Å². The van der Waals surface area contributed by atoms with Crippen molar-refractivity contribution in [3.05, 3.63) is 116 Å². The van der Waals surface area contributed by atoms with E-state index in [1.165, 1.54) is 5.56 Å². The van der Waals surface area contributed by atoms with Crippen LogP contribution in [0.3, 0.4) is 0 Å².